The Morgan fingerprint density at radius 3 is 2.83 bits per heavy atom. The number of nitrogens with zero attached hydrogens (tertiary/aromatic N) is 1. The molecule has 0 saturated heterocycles. The maximum absolute atomic E-state index is 12.0. The van der Waals surface area contributed by atoms with Crippen LogP contribution in [-0.2, 0) is 11.2 Å². The summed E-state index contributed by atoms with van der Waals surface area (Å²) in [6, 6.07) is 7.76. The van der Waals surface area contributed by atoms with Gasteiger partial charge < -0.3 is 10.6 Å². The SMILES string of the molecule is CC1CC1CN(C)C(=O)CCc1cccc(N)c1. The second-order valence-electron chi connectivity index (χ2n) is 5.49. The molecule has 2 rings (SSSR count). The van der Waals surface area contributed by atoms with E-state index in [1.807, 2.05) is 36.2 Å². The van der Waals surface area contributed by atoms with Gasteiger partial charge in [-0.2, -0.15) is 0 Å². The maximum Gasteiger partial charge on any atom is 0.222 e. The molecular formula is C15H22N2O. The third-order valence-electron chi connectivity index (χ3n) is 3.79. The molecule has 3 heteroatoms. The highest BCUT2D eigenvalue weighted by molar-refractivity contribution is 5.76. The minimum absolute atomic E-state index is 0.233. The molecule has 3 nitrogen and oxygen atoms in total. The molecule has 2 atom stereocenters. The van der Waals surface area contributed by atoms with E-state index < -0.39 is 0 Å². The lowest BCUT2D eigenvalue weighted by atomic mass is 10.1. The summed E-state index contributed by atoms with van der Waals surface area (Å²) in [4.78, 5) is 13.8. The second kappa shape index (κ2) is 5.42. The lowest BCUT2D eigenvalue weighted by Crippen LogP contribution is -2.29. The molecule has 2 unspecified atom stereocenters. The second-order valence-corrected chi connectivity index (χ2v) is 5.49. The van der Waals surface area contributed by atoms with Crippen molar-refractivity contribution in [1.29, 1.82) is 0 Å². The van der Waals surface area contributed by atoms with Crippen LogP contribution in [0, 0.1) is 11.8 Å². The van der Waals surface area contributed by atoms with Crippen molar-refractivity contribution in [3.05, 3.63) is 29.8 Å². The van der Waals surface area contributed by atoms with Gasteiger partial charge in [-0.05, 0) is 42.4 Å². The van der Waals surface area contributed by atoms with Crippen LogP contribution in [0.15, 0.2) is 24.3 Å². The minimum Gasteiger partial charge on any atom is -0.399 e. The quantitative estimate of drug-likeness (QED) is 0.810. The number of nitrogen functional groups attached to an aromatic ring is 1. The van der Waals surface area contributed by atoms with Gasteiger partial charge in [-0.1, -0.05) is 19.1 Å². The van der Waals surface area contributed by atoms with Crippen LogP contribution >= 0.6 is 0 Å². The Morgan fingerprint density at radius 2 is 2.22 bits per heavy atom. The molecule has 0 radical (unpaired) electrons. The molecule has 1 aromatic rings. The third kappa shape index (κ3) is 3.49. The molecule has 0 spiro atoms. The predicted octanol–water partition coefficient (Wildman–Crippen LogP) is 2.32. The van der Waals surface area contributed by atoms with Gasteiger partial charge in [-0.3, -0.25) is 4.79 Å². The van der Waals surface area contributed by atoms with Crippen LogP contribution in [-0.4, -0.2) is 24.4 Å². The summed E-state index contributed by atoms with van der Waals surface area (Å²) < 4.78 is 0. The molecule has 1 fully saturated rings. The maximum atomic E-state index is 12.0. The normalized spacial score (nSPS) is 21.7. The summed E-state index contributed by atoms with van der Waals surface area (Å²) in [5, 5.41) is 0. The molecule has 1 saturated carbocycles. The number of hydrogen-bond donors (Lipinski definition) is 1. The monoisotopic (exact) mass is 246 g/mol. The number of aryl methyl sites for hydroxylation is 1. The number of anilines is 1. The van der Waals surface area contributed by atoms with E-state index in [9.17, 15) is 4.79 Å². The average Bonchev–Trinajstić information content (AvgIpc) is 3.02. The van der Waals surface area contributed by atoms with Gasteiger partial charge in [0.25, 0.3) is 0 Å². The minimum atomic E-state index is 0.233. The number of rotatable bonds is 5. The Balaban J connectivity index is 1.77. The highest BCUT2D eigenvalue weighted by atomic mass is 16.2. The lowest BCUT2D eigenvalue weighted by molar-refractivity contribution is -0.130. The van der Waals surface area contributed by atoms with E-state index in [0.29, 0.717) is 6.42 Å². The summed E-state index contributed by atoms with van der Waals surface area (Å²) in [6.07, 6.45) is 2.61. The van der Waals surface area contributed by atoms with Crippen molar-refractivity contribution in [3.63, 3.8) is 0 Å². The highest BCUT2D eigenvalue weighted by Crippen LogP contribution is 2.38. The van der Waals surface area contributed by atoms with Crippen molar-refractivity contribution in [2.45, 2.75) is 26.2 Å². The molecule has 1 aliphatic carbocycles. The Hall–Kier alpha value is -1.51. The van der Waals surface area contributed by atoms with Gasteiger partial charge in [0.2, 0.25) is 5.91 Å². The summed E-state index contributed by atoms with van der Waals surface area (Å²) >= 11 is 0. The molecule has 0 aliphatic heterocycles. The van der Waals surface area contributed by atoms with Gasteiger partial charge in [0.1, 0.15) is 0 Å². The Morgan fingerprint density at radius 1 is 1.50 bits per heavy atom. The van der Waals surface area contributed by atoms with Gasteiger partial charge in [0.15, 0.2) is 0 Å². The van der Waals surface area contributed by atoms with Crippen LogP contribution in [0.4, 0.5) is 5.69 Å². The summed E-state index contributed by atoms with van der Waals surface area (Å²) in [7, 11) is 1.91. The van der Waals surface area contributed by atoms with E-state index in [1.165, 1.54) is 6.42 Å². The zero-order valence-electron chi connectivity index (χ0n) is 11.2. The predicted molar refractivity (Wildman–Crippen MR) is 74.1 cm³/mol. The van der Waals surface area contributed by atoms with Crippen LogP contribution in [0.5, 0.6) is 0 Å². The number of hydrogen-bond acceptors (Lipinski definition) is 2. The molecule has 1 aliphatic rings. The van der Waals surface area contributed by atoms with Crippen LogP contribution in [0.2, 0.25) is 0 Å². The van der Waals surface area contributed by atoms with Gasteiger partial charge in [-0.25, -0.2) is 0 Å². The summed E-state index contributed by atoms with van der Waals surface area (Å²) in [5.74, 6) is 1.76. The molecule has 0 bridgehead atoms. The van der Waals surface area contributed by atoms with Crippen molar-refractivity contribution < 1.29 is 4.79 Å². The fourth-order valence-electron chi connectivity index (χ4n) is 2.30. The number of carbonyl (C=O) groups excluding carboxylic acids is 1. The average molecular weight is 246 g/mol. The Bertz CT molecular complexity index is 430. The van der Waals surface area contributed by atoms with Crippen molar-refractivity contribution in [2.24, 2.45) is 11.8 Å². The number of nitrogens with two attached hydrogens (primary N) is 1. The van der Waals surface area contributed by atoms with Gasteiger partial charge in [0.05, 0.1) is 0 Å². The van der Waals surface area contributed by atoms with E-state index in [2.05, 4.69) is 6.92 Å². The number of amides is 1. The lowest BCUT2D eigenvalue weighted by Gasteiger charge is -2.17. The highest BCUT2D eigenvalue weighted by Gasteiger charge is 2.33. The molecule has 0 heterocycles. The third-order valence-corrected chi connectivity index (χ3v) is 3.79. The van der Waals surface area contributed by atoms with Gasteiger partial charge in [0, 0.05) is 25.7 Å². The zero-order valence-corrected chi connectivity index (χ0v) is 11.2. The van der Waals surface area contributed by atoms with Gasteiger partial charge >= 0.3 is 0 Å². The first kappa shape index (κ1) is 12.9. The Kier molecular flexibility index (Phi) is 3.90. The van der Waals surface area contributed by atoms with Crippen molar-refractivity contribution >= 4 is 11.6 Å². The molecule has 98 valence electrons. The topological polar surface area (TPSA) is 46.3 Å². The van der Waals surface area contributed by atoms with Gasteiger partial charge in [-0.15, -0.1) is 0 Å². The first-order valence-electron chi connectivity index (χ1n) is 6.64. The van der Waals surface area contributed by atoms with Crippen LogP contribution in [0.25, 0.3) is 0 Å². The molecule has 1 amide bonds. The Labute approximate surface area is 109 Å². The summed E-state index contributed by atoms with van der Waals surface area (Å²) in [6.45, 7) is 3.16. The van der Waals surface area contributed by atoms with E-state index in [0.717, 1.165) is 36.1 Å². The zero-order chi connectivity index (χ0) is 13.1. The molecule has 18 heavy (non-hydrogen) atoms. The van der Waals surface area contributed by atoms with Crippen molar-refractivity contribution in [3.8, 4) is 0 Å². The standard InChI is InChI=1S/C15H22N2O/c1-11-8-13(11)10-17(2)15(18)7-6-12-4-3-5-14(16)9-12/h3-5,9,11,13H,6-8,10,16H2,1-2H3. The summed E-state index contributed by atoms with van der Waals surface area (Å²) in [5.41, 5.74) is 7.62. The van der Waals surface area contributed by atoms with E-state index >= 15 is 0 Å². The number of benzene rings is 1. The first-order valence-corrected chi connectivity index (χ1v) is 6.64. The van der Waals surface area contributed by atoms with Crippen LogP contribution < -0.4 is 5.73 Å². The molecule has 2 N–H and O–H groups in total. The van der Waals surface area contributed by atoms with Crippen molar-refractivity contribution in [1.82, 2.24) is 4.90 Å². The van der Waals surface area contributed by atoms with Crippen LogP contribution in [0.3, 0.4) is 0 Å². The fraction of sp³-hybridized carbons (Fsp3) is 0.533. The number of carbonyl (C=O) groups is 1. The largest absolute Gasteiger partial charge is 0.399 e. The van der Waals surface area contributed by atoms with Crippen molar-refractivity contribution in [2.75, 3.05) is 19.3 Å². The fourth-order valence-corrected chi connectivity index (χ4v) is 2.30. The smallest absolute Gasteiger partial charge is 0.222 e. The molecular weight excluding hydrogens is 224 g/mol. The van der Waals surface area contributed by atoms with Crippen LogP contribution in [0.1, 0.15) is 25.3 Å². The van der Waals surface area contributed by atoms with E-state index in [1.54, 1.807) is 0 Å². The van der Waals surface area contributed by atoms with E-state index in [4.69, 9.17) is 5.73 Å². The molecule has 0 aromatic heterocycles. The first-order chi connectivity index (χ1) is 8.56. The van der Waals surface area contributed by atoms with E-state index in [-0.39, 0.29) is 5.91 Å². The molecule has 1 aromatic carbocycles.